The third-order valence-electron chi connectivity index (χ3n) is 7.68. The molecule has 4 aromatic rings. The molecule has 3 aliphatic carbocycles. The quantitative estimate of drug-likeness (QED) is 0.419. The number of nitrogens with one attached hydrogen (secondary N) is 1. The van der Waals surface area contributed by atoms with Gasteiger partial charge in [0, 0.05) is 18.2 Å². The largest absolute Gasteiger partial charge is 0.274 e. The summed E-state index contributed by atoms with van der Waals surface area (Å²) in [6, 6.07) is 8.35. The van der Waals surface area contributed by atoms with Crippen LogP contribution < -0.4 is 4.72 Å². The first-order valence-electron chi connectivity index (χ1n) is 11.8. The van der Waals surface area contributed by atoms with Gasteiger partial charge in [-0.05, 0) is 62.6 Å². The first-order valence-corrected chi connectivity index (χ1v) is 14.8. The van der Waals surface area contributed by atoms with Gasteiger partial charge >= 0.3 is 0 Å². The number of hydrogen-bond acceptors (Lipinski definition) is 7. The summed E-state index contributed by atoms with van der Waals surface area (Å²) in [5, 5.41) is 8.51. The second-order valence-electron chi connectivity index (χ2n) is 10.0. The minimum atomic E-state index is -3.83. The Kier molecular flexibility index (Phi) is 4.36. The monoisotopic (exact) mass is 512 g/mol. The Balaban J connectivity index is 1.28. The summed E-state index contributed by atoms with van der Waals surface area (Å²) < 4.78 is 57.7. The van der Waals surface area contributed by atoms with E-state index in [1.54, 1.807) is 30.3 Å². The van der Waals surface area contributed by atoms with Crippen LogP contribution in [-0.4, -0.2) is 51.7 Å². The highest BCUT2D eigenvalue weighted by atomic mass is 32.2. The first kappa shape index (κ1) is 21.5. The maximum atomic E-state index is 13.3. The molecular weight excluding hydrogens is 488 g/mol. The van der Waals surface area contributed by atoms with E-state index in [1.165, 1.54) is 16.4 Å². The van der Waals surface area contributed by atoms with E-state index in [9.17, 15) is 16.8 Å². The van der Waals surface area contributed by atoms with Crippen LogP contribution in [0.1, 0.15) is 43.0 Å². The minimum absolute atomic E-state index is 0.0459. The van der Waals surface area contributed by atoms with Gasteiger partial charge in [-0.1, -0.05) is 17.7 Å². The molecule has 0 spiro atoms. The second-order valence-corrected chi connectivity index (χ2v) is 13.8. The SMILES string of the molecule is Cc1ccc(S(=O)(=O)n2ccc3c2ncc2nnc([C@H]4C[C@@H](NS(=O)(=O)C5CC5)[C@H]5C[C@H]54)n23)cc1. The maximum Gasteiger partial charge on any atom is 0.269 e. The third-order valence-corrected chi connectivity index (χ3v) is 11.3. The zero-order valence-corrected chi connectivity index (χ0v) is 20.6. The smallest absolute Gasteiger partial charge is 0.269 e. The number of hydrogen-bond donors (Lipinski definition) is 1. The number of sulfonamides is 1. The number of aryl methyl sites for hydroxylation is 1. The topological polar surface area (TPSA) is 128 Å². The van der Waals surface area contributed by atoms with Crippen molar-refractivity contribution in [2.24, 2.45) is 11.8 Å². The van der Waals surface area contributed by atoms with Gasteiger partial charge in [-0.15, -0.1) is 10.2 Å². The fourth-order valence-electron chi connectivity index (χ4n) is 5.61. The van der Waals surface area contributed by atoms with Gasteiger partial charge in [0.2, 0.25) is 10.0 Å². The van der Waals surface area contributed by atoms with E-state index in [0.29, 0.717) is 35.1 Å². The van der Waals surface area contributed by atoms with Crippen LogP contribution in [0.25, 0.3) is 16.8 Å². The molecule has 0 unspecified atom stereocenters. The van der Waals surface area contributed by atoms with Gasteiger partial charge in [0.15, 0.2) is 11.3 Å². The molecule has 12 heteroatoms. The summed E-state index contributed by atoms with van der Waals surface area (Å²) in [5.74, 6) is 1.43. The molecule has 3 heterocycles. The lowest BCUT2D eigenvalue weighted by molar-refractivity contribution is 0.501. The van der Waals surface area contributed by atoms with E-state index < -0.39 is 20.0 Å². The van der Waals surface area contributed by atoms with Gasteiger partial charge in [0.05, 0.1) is 21.9 Å². The standard InChI is InChI=1S/C23H24N6O4S2/c1-13-2-4-15(5-3-13)35(32,33)28-9-8-20-23(28)24-12-21-25-26-22(29(20)21)18-11-19(17-10-16(17)18)27-34(30,31)14-6-7-14/h2-5,8-9,12,14,16-19,27H,6-7,10-11H2,1H3/t16-,17+,18+,19-/m1/s1. The molecule has 3 fully saturated rings. The normalized spacial score (nSPS) is 26.4. The highest BCUT2D eigenvalue weighted by Gasteiger charge is 2.57. The van der Waals surface area contributed by atoms with Crippen molar-refractivity contribution >= 4 is 36.9 Å². The van der Waals surface area contributed by atoms with E-state index in [-0.39, 0.29) is 22.1 Å². The molecule has 7 rings (SSSR count). The number of benzene rings is 1. The Morgan fingerprint density at radius 3 is 2.49 bits per heavy atom. The zero-order valence-electron chi connectivity index (χ0n) is 18.9. The molecule has 35 heavy (non-hydrogen) atoms. The fourth-order valence-corrected chi connectivity index (χ4v) is 8.55. The molecule has 1 N–H and O–H groups in total. The van der Waals surface area contributed by atoms with Gasteiger partial charge < -0.3 is 0 Å². The van der Waals surface area contributed by atoms with Crippen molar-refractivity contribution in [3.05, 3.63) is 54.1 Å². The van der Waals surface area contributed by atoms with Crippen molar-refractivity contribution in [3.8, 4) is 0 Å². The lowest BCUT2D eigenvalue weighted by Gasteiger charge is -2.17. The van der Waals surface area contributed by atoms with Crippen molar-refractivity contribution in [3.63, 3.8) is 0 Å². The number of nitrogens with zero attached hydrogens (tertiary/aromatic N) is 5. The van der Waals surface area contributed by atoms with Crippen LogP contribution in [0.5, 0.6) is 0 Å². The van der Waals surface area contributed by atoms with Gasteiger partial charge in [-0.25, -0.2) is 30.5 Å². The van der Waals surface area contributed by atoms with Crippen LogP contribution in [0.2, 0.25) is 0 Å². The lowest BCUT2D eigenvalue weighted by Crippen LogP contribution is -2.37. The average molecular weight is 513 g/mol. The lowest BCUT2D eigenvalue weighted by atomic mass is 10.0. The van der Waals surface area contributed by atoms with Crippen molar-refractivity contribution in [1.82, 2.24) is 28.3 Å². The molecule has 0 amide bonds. The van der Waals surface area contributed by atoms with Crippen LogP contribution in [0.15, 0.2) is 47.6 Å². The van der Waals surface area contributed by atoms with E-state index in [1.807, 2.05) is 11.3 Å². The summed E-state index contributed by atoms with van der Waals surface area (Å²) >= 11 is 0. The Hall–Kier alpha value is -2.83. The number of aromatic nitrogens is 5. The molecule has 10 nitrogen and oxygen atoms in total. The average Bonchev–Trinajstić information content (AvgIpc) is 3.71. The fraction of sp³-hybridized carbons (Fsp3) is 0.435. The molecule has 0 aliphatic heterocycles. The van der Waals surface area contributed by atoms with Crippen LogP contribution in [0.3, 0.4) is 0 Å². The number of rotatable bonds is 6. The Labute approximate surface area is 202 Å². The Bertz CT molecular complexity index is 1700. The predicted octanol–water partition coefficient (Wildman–Crippen LogP) is 2.20. The molecule has 1 aromatic carbocycles. The summed E-state index contributed by atoms with van der Waals surface area (Å²) in [4.78, 5) is 4.60. The van der Waals surface area contributed by atoms with Crippen LogP contribution in [0.4, 0.5) is 0 Å². The van der Waals surface area contributed by atoms with Crippen molar-refractivity contribution in [1.29, 1.82) is 0 Å². The van der Waals surface area contributed by atoms with E-state index in [4.69, 9.17) is 0 Å². The van der Waals surface area contributed by atoms with Gasteiger partial charge in [-0.2, -0.15) is 0 Å². The molecule has 3 aliphatic rings. The van der Waals surface area contributed by atoms with Crippen molar-refractivity contribution < 1.29 is 16.8 Å². The molecular formula is C23H24N6O4S2. The highest BCUT2D eigenvalue weighted by Crippen LogP contribution is 2.59. The molecule has 182 valence electrons. The molecule has 0 saturated heterocycles. The van der Waals surface area contributed by atoms with E-state index in [0.717, 1.165) is 30.7 Å². The minimum Gasteiger partial charge on any atom is -0.274 e. The zero-order chi connectivity index (χ0) is 24.1. The third kappa shape index (κ3) is 3.26. The van der Waals surface area contributed by atoms with Crippen molar-refractivity contribution in [2.45, 2.75) is 54.7 Å². The number of fused-ring (bicyclic) bond motifs is 4. The summed E-state index contributed by atoms with van der Waals surface area (Å²) in [6.45, 7) is 1.90. The Morgan fingerprint density at radius 1 is 0.971 bits per heavy atom. The van der Waals surface area contributed by atoms with E-state index in [2.05, 4.69) is 19.9 Å². The first-order chi connectivity index (χ1) is 16.7. The van der Waals surface area contributed by atoms with E-state index >= 15 is 0 Å². The summed E-state index contributed by atoms with van der Waals surface area (Å²) in [7, 11) is -7.09. The van der Waals surface area contributed by atoms with Crippen LogP contribution >= 0.6 is 0 Å². The molecule has 4 atom stereocenters. The van der Waals surface area contributed by atoms with Crippen molar-refractivity contribution in [2.75, 3.05) is 0 Å². The van der Waals surface area contributed by atoms with Gasteiger partial charge in [0.25, 0.3) is 10.0 Å². The predicted molar refractivity (Wildman–Crippen MR) is 128 cm³/mol. The maximum absolute atomic E-state index is 13.3. The second kappa shape index (κ2) is 7.11. The molecule has 3 saturated carbocycles. The summed E-state index contributed by atoms with van der Waals surface area (Å²) in [6.07, 6.45) is 6.14. The Morgan fingerprint density at radius 2 is 1.74 bits per heavy atom. The van der Waals surface area contributed by atoms with Gasteiger partial charge in [0.1, 0.15) is 5.82 Å². The summed E-state index contributed by atoms with van der Waals surface area (Å²) in [5.41, 5.74) is 2.42. The van der Waals surface area contributed by atoms with Crippen LogP contribution in [-0.2, 0) is 20.0 Å². The molecule has 0 radical (unpaired) electrons. The molecule has 0 bridgehead atoms. The molecule has 3 aromatic heterocycles. The highest BCUT2D eigenvalue weighted by molar-refractivity contribution is 7.90. The van der Waals surface area contributed by atoms with Crippen LogP contribution in [0, 0.1) is 18.8 Å². The van der Waals surface area contributed by atoms with Gasteiger partial charge in [-0.3, -0.25) is 4.40 Å².